The highest BCUT2D eigenvalue weighted by atomic mass is 16.3. The van der Waals surface area contributed by atoms with Gasteiger partial charge < -0.3 is 5.11 Å². The Labute approximate surface area is 370 Å². The fourth-order valence-electron chi connectivity index (χ4n) is 8.37. The number of benzene rings is 7. The number of nitrogens with zero attached hydrogens (tertiary/aromatic N) is 3. The Morgan fingerprint density at radius 1 is 0.484 bits per heavy atom. The van der Waals surface area contributed by atoms with Gasteiger partial charge in [0, 0.05) is 21.4 Å². The van der Waals surface area contributed by atoms with Crippen LogP contribution in [0.15, 0.2) is 170 Å². The van der Waals surface area contributed by atoms with E-state index in [9.17, 15) is 5.11 Å². The van der Waals surface area contributed by atoms with Gasteiger partial charge in [-0.25, -0.2) is 4.98 Å². The minimum absolute atomic E-state index is 0.137. The van der Waals surface area contributed by atoms with Crippen LogP contribution < -0.4 is 0 Å². The fourth-order valence-corrected chi connectivity index (χ4v) is 8.37. The smallest absolute Gasteiger partial charge is 0.149 e. The molecule has 4 nitrogen and oxygen atoms in total. The normalized spacial score (nSPS) is 12.9. The summed E-state index contributed by atoms with van der Waals surface area (Å²) in [5, 5.41) is 11.4. The topological polar surface area (TPSA) is 50.9 Å². The van der Waals surface area contributed by atoms with Crippen molar-refractivity contribution in [2.24, 2.45) is 0 Å². The van der Waals surface area contributed by atoms with Crippen LogP contribution in [-0.2, 0) is 0 Å². The van der Waals surface area contributed by atoms with Crippen molar-refractivity contribution in [2.75, 3.05) is 0 Å². The highest BCUT2D eigenvalue weighted by Gasteiger charge is 2.22. The number of hydrogen-bond acceptors (Lipinski definition) is 3. The lowest BCUT2D eigenvalue weighted by molar-refractivity contribution is 0.477. The average Bonchev–Trinajstić information content (AvgIpc) is 3.67. The quantitative estimate of drug-likeness (QED) is 0.150. The molecule has 0 saturated heterocycles. The Balaban J connectivity index is 1.22. The van der Waals surface area contributed by atoms with Crippen molar-refractivity contribution in [2.45, 2.75) is 66.1 Å². The Hall–Kier alpha value is -7.04. The highest BCUT2D eigenvalue weighted by molar-refractivity contribution is 5.98. The van der Waals surface area contributed by atoms with Gasteiger partial charge in [0.25, 0.3) is 0 Å². The zero-order valence-electron chi connectivity index (χ0n) is 39.5. The number of pyridine rings is 1. The van der Waals surface area contributed by atoms with E-state index in [0.717, 1.165) is 94.7 Å². The van der Waals surface area contributed by atoms with Crippen LogP contribution in [0.25, 0.3) is 83.9 Å². The average molecular weight is 811 g/mol. The number of aromatic nitrogens is 3. The molecule has 0 aliphatic carbocycles. The first-order valence-corrected chi connectivity index (χ1v) is 21.3. The minimum atomic E-state index is -0.833. The van der Waals surface area contributed by atoms with E-state index in [2.05, 4.69) is 121 Å². The Morgan fingerprint density at radius 2 is 1.08 bits per heavy atom. The molecule has 0 bridgehead atoms. The first-order chi connectivity index (χ1) is 30.9. The van der Waals surface area contributed by atoms with Crippen molar-refractivity contribution in [3.63, 3.8) is 0 Å². The minimum Gasteiger partial charge on any atom is -0.507 e. The Kier molecular flexibility index (Phi) is 9.96. The van der Waals surface area contributed by atoms with Crippen LogP contribution in [0.1, 0.15) is 85.6 Å². The van der Waals surface area contributed by atoms with Crippen LogP contribution in [0.4, 0.5) is 0 Å². The third-order valence-corrected chi connectivity index (χ3v) is 11.9. The zero-order chi connectivity index (χ0) is 45.8. The molecule has 0 fully saturated rings. The van der Waals surface area contributed by atoms with E-state index in [0.29, 0.717) is 11.4 Å². The standard InChI is InChI=1S/C58H53N3O/c1-36(2)40-20-22-42(23-21-40)44-26-27-59-53(35-44)50-33-47(41-14-9-8-10-15-41)32-49(34-50)51-17-13-18-55-57(51)60-58(52-16-11-12-19-56(52)62)61(55)54-25-24-43(28-39(54)7)48-30-45(37(3)4)29-46(31-48)38(5)6/h8-38,62H,1-7H3/i36D,37D,38D. The molecule has 7 aromatic carbocycles. The third kappa shape index (κ3) is 7.85. The SMILES string of the molecule is [2H]C(C)(C)c1ccc(-c2ccnc(-c3cc(-c4ccccc4)cc(-c4cccc5c4nc(-c4ccccc4O)n5-c4ccc(-c5cc(C([2H])(C)C)cc(C([2H])(C)C)c5)cc4C)c3)c2)cc1. The van der Waals surface area contributed by atoms with Crippen molar-refractivity contribution >= 4 is 11.0 Å². The van der Waals surface area contributed by atoms with Crippen LogP contribution in [0, 0.1) is 6.92 Å². The summed E-state index contributed by atoms with van der Waals surface area (Å²) >= 11 is 0. The Morgan fingerprint density at radius 3 is 1.77 bits per heavy atom. The summed E-state index contributed by atoms with van der Waals surface area (Å²) in [6, 6.07) is 55.5. The van der Waals surface area contributed by atoms with Gasteiger partial charge in [0.1, 0.15) is 11.6 Å². The van der Waals surface area contributed by atoms with Crippen molar-refractivity contribution in [1.29, 1.82) is 0 Å². The van der Waals surface area contributed by atoms with Gasteiger partial charge in [-0.2, -0.15) is 0 Å². The molecule has 62 heavy (non-hydrogen) atoms. The third-order valence-electron chi connectivity index (χ3n) is 11.9. The lowest BCUT2D eigenvalue weighted by Crippen LogP contribution is -2.01. The molecule has 0 spiro atoms. The number of rotatable bonds is 10. The lowest BCUT2D eigenvalue weighted by atomic mass is 9.90. The van der Waals surface area contributed by atoms with Crippen molar-refractivity contribution in [3.8, 4) is 78.6 Å². The van der Waals surface area contributed by atoms with E-state index in [1.54, 1.807) is 6.07 Å². The number of phenolic OH excluding ortho intramolecular Hbond substituents is 1. The number of fused-ring (bicyclic) bond motifs is 1. The molecule has 0 aliphatic heterocycles. The van der Waals surface area contributed by atoms with Gasteiger partial charge in [-0.1, -0.05) is 145 Å². The molecule has 9 aromatic rings. The van der Waals surface area contributed by atoms with Crippen molar-refractivity contribution in [3.05, 3.63) is 192 Å². The second-order valence-electron chi connectivity index (χ2n) is 16.9. The number of aryl methyl sites for hydroxylation is 1. The molecule has 1 N–H and O–H groups in total. The van der Waals surface area contributed by atoms with Gasteiger partial charge in [-0.05, 0) is 146 Å². The number of imidazole rings is 1. The first-order valence-electron chi connectivity index (χ1n) is 22.8. The molecule has 0 unspecified atom stereocenters. The molecule has 0 atom stereocenters. The highest BCUT2D eigenvalue weighted by Crippen LogP contribution is 2.41. The van der Waals surface area contributed by atoms with E-state index in [1.165, 1.54) is 0 Å². The van der Waals surface area contributed by atoms with Gasteiger partial charge >= 0.3 is 0 Å². The van der Waals surface area contributed by atoms with Crippen LogP contribution >= 0.6 is 0 Å². The van der Waals surface area contributed by atoms with Crippen LogP contribution in [0.2, 0.25) is 0 Å². The summed E-state index contributed by atoms with van der Waals surface area (Å²) in [5.41, 5.74) is 16.8. The number of para-hydroxylation sites is 2. The summed E-state index contributed by atoms with van der Waals surface area (Å²) in [7, 11) is 0. The molecule has 9 rings (SSSR count). The molecule has 2 heterocycles. The van der Waals surface area contributed by atoms with Gasteiger partial charge in [0.15, 0.2) is 0 Å². The van der Waals surface area contributed by atoms with E-state index < -0.39 is 17.7 Å². The van der Waals surface area contributed by atoms with Crippen LogP contribution in [0.3, 0.4) is 0 Å². The molecule has 4 heteroatoms. The predicted molar refractivity (Wildman–Crippen MR) is 260 cm³/mol. The second kappa shape index (κ2) is 16.8. The van der Waals surface area contributed by atoms with Gasteiger partial charge in [0.2, 0.25) is 0 Å². The summed E-state index contributed by atoms with van der Waals surface area (Å²) in [5.74, 6) is -1.59. The van der Waals surface area contributed by atoms with Crippen LogP contribution in [-0.4, -0.2) is 19.6 Å². The van der Waals surface area contributed by atoms with Crippen molar-refractivity contribution < 1.29 is 9.22 Å². The van der Waals surface area contributed by atoms with E-state index >= 15 is 0 Å². The largest absolute Gasteiger partial charge is 0.507 e. The molecule has 306 valence electrons. The molecular formula is C58H53N3O. The lowest BCUT2D eigenvalue weighted by Gasteiger charge is -2.17. The van der Waals surface area contributed by atoms with Crippen molar-refractivity contribution in [1.82, 2.24) is 14.5 Å². The van der Waals surface area contributed by atoms with E-state index in [-0.39, 0.29) is 5.75 Å². The Bertz CT molecular complexity index is 3190. The zero-order valence-corrected chi connectivity index (χ0v) is 36.5. The maximum absolute atomic E-state index is 11.4. The summed E-state index contributed by atoms with van der Waals surface area (Å²) < 4.78 is 28.4. The second-order valence-corrected chi connectivity index (χ2v) is 16.9. The van der Waals surface area contributed by atoms with E-state index in [1.807, 2.05) is 96.3 Å². The number of aromatic hydroxyl groups is 1. The van der Waals surface area contributed by atoms with Gasteiger partial charge in [0.05, 0.1) is 28.0 Å². The maximum atomic E-state index is 11.4. The van der Waals surface area contributed by atoms with Crippen LogP contribution in [0.5, 0.6) is 5.75 Å². The molecule has 0 amide bonds. The van der Waals surface area contributed by atoms with Gasteiger partial charge in [-0.15, -0.1) is 0 Å². The number of hydrogen-bond donors (Lipinski definition) is 1. The molecule has 0 radical (unpaired) electrons. The van der Waals surface area contributed by atoms with Gasteiger partial charge in [-0.3, -0.25) is 9.55 Å². The first kappa shape index (κ1) is 36.8. The predicted octanol–water partition coefficient (Wildman–Crippen LogP) is 15.8. The van der Waals surface area contributed by atoms with E-state index in [4.69, 9.17) is 14.1 Å². The molecule has 0 saturated carbocycles. The number of phenols is 1. The summed E-state index contributed by atoms with van der Waals surface area (Å²) in [6.07, 6.45) is 1.86. The summed E-state index contributed by atoms with van der Waals surface area (Å²) in [6.45, 7) is 13.4. The monoisotopic (exact) mass is 810 g/mol. The summed E-state index contributed by atoms with van der Waals surface area (Å²) in [4.78, 5) is 10.3. The molecule has 2 aromatic heterocycles. The molecule has 0 aliphatic rings. The molecular weight excluding hydrogens is 755 g/mol. The maximum Gasteiger partial charge on any atom is 0.149 e. The fraction of sp³-hybridized carbons (Fsp3) is 0.172.